The molecule has 158 valence electrons. The number of nitrogens with one attached hydrogen (secondary N) is 2. The van der Waals surface area contributed by atoms with E-state index < -0.39 is 26.0 Å². The highest BCUT2D eigenvalue weighted by molar-refractivity contribution is 7.90. The molecule has 2 aromatic carbocycles. The Balaban J connectivity index is 2.18. The number of sulfonamides is 2. The van der Waals surface area contributed by atoms with Crippen molar-refractivity contribution in [3.05, 3.63) is 48.0 Å². The summed E-state index contributed by atoms with van der Waals surface area (Å²) in [6.45, 7) is 3.67. The molecule has 4 N–H and O–H groups in total. The maximum atomic E-state index is 12.3. The molecular formula is C17H21N3O7S2. The van der Waals surface area contributed by atoms with Crippen molar-refractivity contribution in [2.24, 2.45) is 5.14 Å². The Hall–Kier alpha value is -2.67. The second kappa shape index (κ2) is 8.78. The Bertz CT molecular complexity index is 1110. The van der Waals surface area contributed by atoms with Gasteiger partial charge in [0.25, 0.3) is 15.9 Å². The van der Waals surface area contributed by atoms with Gasteiger partial charge in [-0.2, -0.15) is 0 Å². The van der Waals surface area contributed by atoms with E-state index in [2.05, 4.69) is 5.43 Å². The van der Waals surface area contributed by atoms with Crippen molar-refractivity contribution < 1.29 is 31.1 Å². The normalized spacial score (nSPS) is 11.9. The monoisotopic (exact) mass is 443 g/mol. The fourth-order valence-electron chi connectivity index (χ4n) is 2.22. The van der Waals surface area contributed by atoms with E-state index in [9.17, 15) is 21.6 Å². The Morgan fingerprint density at radius 2 is 1.66 bits per heavy atom. The summed E-state index contributed by atoms with van der Waals surface area (Å²) in [6, 6.07) is 8.76. The lowest BCUT2D eigenvalue weighted by Crippen LogP contribution is -2.41. The van der Waals surface area contributed by atoms with Gasteiger partial charge < -0.3 is 9.47 Å². The molecule has 2 aromatic rings. The number of hydrogen-bond donors (Lipinski definition) is 3. The number of nitrogens with two attached hydrogens (primary N) is 1. The summed E-state index contributed by atoms with van der Waals surface area (Å²) in [4.78, 5) is 13.4. The summed E-state index contributed by atoms with van der Waals surface area (Å²) in [5, 5.41) is 5.00. The molecule has 0 aromatic heterocycles. The molecule has 1 amide bonds. The van der Waals surface area contributed by atoms with Crippen molar-refractivity contribution in [1.82, 2.24) is 10.3 Å². The predicted octanol–water partition coefficient (Wildman–Crippen LogP) is 0.753. The third kappa shape index (κ3) is 5.90. The highest BCUT2D eigenvalue weighted by Gasteiger charge is 2.19. The van der Waals surface area contributed by atoms with Crippen LogP contribution in [0.15, 0.2) is 52.3 Å². The molecule has 29 heavy (non-hydrogen) atoms. The van der Waals surface area contributed by atoms with Gasteiger partial charge in [-0.05, 0) is 50.2 Å². The van der Waals surface area contributed by atoms with Gasteiger partial charge >= 0.3 is 0 Å². The number of ether oxygens (including phenoxy) is 2. The number of carbonyl (C=O) groups excluding carboxylic acids is 1. The van der Waals surface area contributed by atoms with Gasteiger partial charge in [0.1, 0.15) is 0 Å². The average Bonchev–Trinajstić information content (AvgIpc) is 2.65. The minimum Gasteiger partial charge on any atom is -0.493 e. The first-order valence-electron chi connectivity index (χ1n) is 8.24. The minimum atomic E-state index is -4.24. The zero-order valence-electron chi connectivity index (χ0n) is 15.9. The summed E-state index contributed by atoms with van der Waals surface area (Å²) in [5.41, 5.74) is 2.16. The molecule has 0 atom stereocenters. The molecule has 10 nitrogen and oxygen atoms in total. The van der Waals surface area contributed by atoms with Crippen LogP contribution in [0.2, 0.25) is 0 Å². The molecule has 2 rings (SSSR count). The Morgan fingerprint density at radius 3 is 2.24 bits per heavy atom. The van der Waals surface area contributed by atoms with Crippen LogP contribution in [0.3, 0.4) is 0 Å². The van der Waals surface area contributed by atoms with Gasteiger partial charge in [-0.15, -0.1) is 4.83 Å². The summed E-state index contributed by atoms with van der Waals surface area (Å²) < 4.78 is 58.2. The van der Waals surface area contributed by atoms with Crippen LogP contribution in [0.1, 0.15) is 24.2 Å². The van der Waals surface area contributed by atoms with E-state index in [4.69, 9.17) is 14.6 Å². The van der Waals surface area contributed by atoms with E-state index >= 15 is 0 Å². The second-order valence-electron chi connectivity index (χ2n) is 6.11. The van der Waals surface area contributed by atoms with Gasteiger partial charge in [-0.1, -0.05) is 6.07 Å². The van der Waals surface area contributed by atoms with E-state index in [0.717, 1.165) is 18.2 Å². The molecule has 0 spiro atoms. The van der Waals surface area contributed by atoms with Crippen LogP contribution in [-0.4, -0.2) is 36.0 Å². The number of amides is 1. The Labute approximate surface area is 169 Å². The molecular weight excluding hydrogens is 422 g/mol. The number of primary sulfonamides is 1. The number of hydrazine groups is 1. The Morgan fingerprint density at radius 1 is 1.00 bits per heavy atom. The highest BCUT2D eigenvalue weighted by Crippen LogP contribution is 2.29. The zero-order valence-corrected chi connectivity index (χ0v) is 17.5. The molecule has 0 aliphatic carbocycles. The van der Waals surface area contributed by atoms with Crippen molar-refractivity contribution in [2.75, 3.05) is 7.11 Å². The molecule has 0 unspecified atom stereocenters. The number of benzene rings is 2. The molecule has 0 fully saturated rings. The fourth-order valence-corrected chi connectivity index (χ4v) is 3.74. The van der Waals surface area contributed by atoms with Crippen LogP contribution < -0.4 is 24.9 Å². The first kappa shape index (κ1) is 22.6. The molecule has 0 saturated carbocycles. The number of carbonyl (C=O) groups is 1. The van der Waals surface area contributed by atoms with Crippen molar-refractivity contribution in [1.29, 1.82) is 0 Å². The third-order valence-electron chi connectivity index (χ3n) is 3.53. The highest BCUT2D eigenvalue weighted by atomic mass is 32.2. The van der Waals surface area contributed by atoms with Crippen LogP contribution in [-0.2, 0) is 20.0 Å². The van der Waals surface area contributed by atoms with Crippen LogP contribution in [0.25, 0.3) is 0 Å². The number of rotatable bonds is 8. The lowest BCUT2D eigenvalue weighted by molar-refractivity contribution is 0.0944. The largest absolute Gasteiger partial charge is 0.493 e. The van der Waals surface area contributed by atoms with Gasteiger partial charge in [0.15, 0.2) is 11.5 Å². The first-order valence-corrected chi connectivity index (χ1v) is 11.3. The molecule has 0 heterocycles. The van der Waals surface area contributed by atoms with E-state index in [1.165, 1.54) is 31.4 Å². The SMILES string of the molecule is COc1cc(C(=O)NNS(=O)(=O)c2cccc(S(N)(=O)=O)c2)ccc1OC(C)C. The van der Waals surface area contributed by atoms with Crippen molar-refractivity contribution in [3.63, 3.8) is 0 Å². The molecule has 0 aliphatic rings. The predicted molar refractivity (Wildman–Crippen MR) is 104 cm³/mol. The van der Waals surface area contributed by atoms with E-state index in [1.807, 2.05) is 18.7 Å². The van der Waals surface area contributed by atoms with Gasteiger partial charge in [-0.25, -0.2) is 22.0 Å². The van der Waals surface area contributed by atoms with E-state index in [1.54, 1.807) is 0 Å². The maximum Gasteiger partial charge on any atom is 0.266 e. The summed E-state index contributed by atoms with van der Waals surface area (Å²) in [7, 11) is -6.92. The molecule has 0 saturated heterocycles. The molecule has 12 heteroatoms. The summed E-state index contributed by atoms with van der Waals surface area (Å²) in [5.74, 6) is -0.0277. The number of hydrogen-bond acceptors (Lipinski definition) is 7. The smallest absolute Gasteiger partial charge is 0.266 e. The fraction of sp³-hybridized carbons (Fsp3) is 0.235. The lowest BCUT2D eigenvalue weighted by atomic mass is 10.2. The quantitative estimate of drug-likeness (QED) is 0.509. The van der Waals surface area contributed by atoms with Gasteiger partial charge in [0, 0.05) is 5.56 Å². The van der Waals surface area contributed by atoms with Crippen LogP contribution in [0.5, 0.6) is 11.5 Å². The van der Waals surface area contributed by atoms with Crippen LogP contribution in [0.4, 0.5) is 0 Å². The third-order valence-corrected chi connectivity index (χ3v) is 5.69. The van der Waals surface area contributed by atoms with E-state index in [0.29, 0.717) is 11.5 Å². The standard InChI is InChI=1S/C17H21N3O7S2/c1-11(2)27-15-8-7-12(9-16(15)26-3)17(21)19-20-29(24,25)14-6-4-5-13(10-14)28(18,22)23/h4-11,20H,1-3H3,(H,19,21)(H2,18,22,23). The van der Waals surface area contributed by atoms with Crippen LogP contribution >= 0.6 is 0 Å². The maximum absolute atomic E-state index is 12.3. The van der Waals surface area contributed by atoms with Gasteiger partial charge in [0.2, 0.25) is 10.0 Å². The lowest BCUT2D eigenvalue weighted by Gasteiger charge is -2.14. The Kier molecular flexibility index (Phi) is 6.85. The van der Waals surface area contributed by atoms with Crippen molar-refractivity contribution in [2.45, 2.75) is 29.7 Å². The second-order valence-corrected chi connectivity index (χ2v) is 9.36. The molecule has 0 aliphatic heterocycles. The van der Waals surface area contributed by atoms with Gasteiger partial charge in [-0.3, -0.25) is 10.2 Å². The topological polar surface area (TPSA) is 154 Å². The van der Waals surface area contributed by atoms with Gasteiger partial charge in [0.05, 0.1) is 23.0 Å². The van der Waals surface area contributed by atoms with E-state index in [-0.39, 0.29) is 21.5 Å². The zero-order chi connectivity index (χ0) is 21.8. The number of methoxy groups -OCH3 is 1. The molecule has 0 radical (unpaired) electrons. The van der Waals surface area contributed by atoms with Crippen molar-refractivity contribution in [3.8, 4) is 11.5 Å². The first-order chi connectivity index (χ1) is 13.4. The average molecular weight is 444 g/mol. The minimum absolute atomic E-state index is 0.108. The van der Waals surface area contributed by atoms with Crippen molar-refractivity contribution >= 4 is 26.0 Å². The van der Waals surface area contributed by atoms with Crippen LogP contribution in [0, 0.1) is 0 Å². The molecule has 0 bridgehead atoms. The summed E-state index contributed by atoms with van der Waals surface area (Å²) >= 11 is 0. The summed E-state index contributed by atoms with van der Waals surface area (Å²) in [6.07, 6.45) is -0.108.